The van der Waals surface area contributed by atoms with Crippen molar-refractivity contribution >= 4 is 11.8 Å². The van der Waals surface area contributed by atoms with Crippen LogP contribution in [0.1, 0.15) is 49.7 Å². The maximum absolute atomic E-state index is 5.53. The highest BCUT2D eigenvalue weighted by atomic mass is 32.2. The molecule has 0 bridgehead atoms. The summed E-state index contributed by atoms with van der Waals surface area (Å²) in [5.74, 6) is 4.40. The van der Waals surface area contributed by atoms with E-state index in [2.05, 4.69) is 35.3 Å². The lowest BCUT2D eigenvalue weighted by Crippen LogP contribution is -2.15. The Labute approximate surface area is 133 Å². The van der Waals surface area contributed by atoms with Crippen LogP contribution in [0.4, 0.5) is 0 Å². The molecule has 0 aromatic heterocycles. The number of thioether (sulfide) groups is 1. The van der Waals surface area contributed by atoms with Gasteiger partial charge in [-0.3, -0.25) is 0 Å². The Kier molecular flexibility index (Phi) is 5.48. The lowest BCUT2D eigenvalue weighted by molar-refractivity contribution is 0.411. The molecule has 1 N–H and O–H groups in total. The van der Waals surface area contributed by atoms with Gasteiger partial charge in [0.2, 0.25) is 0 Å². The summed E-state index contributed by atoms with van der Waals surface area (Å²) in [5.41, 5.74) is 2.75. The zero-order chi connectivity index (χ0) is 14.5. The van der Waals surface area contributed by atoms with E-state index in [0.29, 0.717) is 0 Å². The Morgan fingerprint density at radius 2 is 2.00 bits per heavy atom. The largest absolute Gasteiger partial charge is 0.496 e. The summed E-state index contributed by atoms with van der Waals surface area (Å²) in [6, 6.07) is 7.43. The van der Waals surface area contributed by atoms with E-state index in [-0.39, 0.29) is 0 Å². The maximum Gasteiger partial charge on any atom is 0.122 e. The van der Waals surface area contributed by atoms with Gasteiger partial charge in [0.25, 0.3) is 0 Å². The molecule has 0 heterocycles. The fourth-order valence-electron chi connectivity index (χ4n) is 3.12. The summed E-state index contributed by atoms with van der Waals surface area (Å²) in [7, 11) is 1.78. The highest BCUT2D eigenvalue weighted by molar-refractivity contribution is 7.98. The van der Waals surface area contributed by atoms with Gasteiger partial charge in [0.1, 0.15) is 5.75 Å². The summed E-state index contributed by atoms with van der Waals surface area (Å²) in [6.45, 7) is 0.995. The summed E-state index contributed by atoms with van der Waals surface area (Å²) in [6.07, 6.45) is 8.46. The first kappa shape index (κ1) is 15.2. The molecule has 3 rings (SSSR count). The molecule has 21 heavy (non-hydrogen) atoms. The van der Waals surface area contributed by atoms with E-state index in [1.165, 1.54) is 55.4 Å². The summed E-state index contributed by atoms with van der Waals surface area (Å²) < 4.78 is 5.53. The van der Waals surface area contributed by atoms with Crippen LogP contribution in [0.15, 0.2) is 18.2 Å². The van der Waals surface area contributed by atoms with Crippen LogP contribution in [0.5, 0.6) is 5.75 Å². The van der Waals surface area contributed by atoms with Gasteiger partial charge in [-0.2, -0.15) is 11.8 Å². The highest BCUT2D eigenvalue weighted by Crippen LogP contribution is 2.31. The molecule has 116 valence electrons. The molecule has 2 nitrogen and oxygen atoms in total. The summed E-state index contributed by atoms with van der Waals surface area (Å²) >= 11 is 2.08. The molecular formula is C18H27NOS. The van der Waals surface area contributed by atoms with Crippen LogP contribution < -0.4 is 10.1 Å². The van der Waals surface area contributed by atoms with E-state index in [1.807, 2.05) is 0 Å². The van der Waals surface area contributed by atoms with Gasteiger partial charge in [-0.05, 0) is 55.1 Å². The van der Waals surface area contributed by atoms with Gasteiger partial charge in [0, 0.05) is 23.9 Å². The maximum atomic E-state index is 5.53. The topological polar surface area (TPSA) is 21.3 Å². The number of hydrogen-bond acceptors (Lipinski definition) is 3. The molecule has 0 amide bonds. The SMILES string of the molecule is COc1ccc(CNC2CC2)cc1CSCC1CCCC1. The zero-order valence-electron chi connectivity index (χ0n) is 13.1. The van der Waals surface area contributed by atoms with Crippen LogP contribution in [0.25, 0.3) is 0 Å². The number of benzene rings is 1. The molecule has 0 spiro atoms. The molecule has 1 aromatic rings. The van der Waals surface area contributed by atoms with E-state index in [1.54, 1.807) is 7.11 Å². The van der Waals surface area contributed by atoms with E-state index >= 15 is 0 Å². The molecule has 2 saturated carbocycles. The highest BCUT2D eigenvalue weighted by Gasteiger charge is 2.20. The Morgan fingerprint density at radius 3 is 2.71 bits per heavy atom. The van der Waals surface area contributed by atoms with Crippen molar-refractivity contribution in [2.75, 3.05) is 12.9 Å². The number of methoxy groups -OCH3 is 1. The van der Waals surface area contributed by atoms with Gasteiger partial charge >= 0.3 is 0 Å². The fraction of sp³-hybridized carbons (Fsp3) is 0.667. The Balaban J connectivity index is 1.53. The minimum absolute atomic E-state index is 0.771. The zero-order valence-corrected chi connectivity index (χ0v) is 13.9. The van der Waals surface area contributed by atoms with E-state index in [9.17, 15) is 0 Å². The van der Waals surface area contributed by atoms with E-state index < -0.39 is 0 Å². The van der Waals surface area contributed by atoms with Gasteiger partial charge in [-0.25, -0.2) is 0 Å². The van der Waals surface area contributed by atoms with E-state index in [0.717, 1.165) is 30.0 Å². The quantitative estimate of drug-likeness (QED) is 0.770. The van der Waals surface area contributed by atoms with Crippen LogP contribution in [0, 0.1) is 5.92 Å². The van der Waals surface area contributed by atoms with Gasteiger partial charge < -0.3 is 10.1 Å². The number of ether oxygens (including phenoxy) is 1. The minimum atomic E-state index is 0.771. The van der Waals surface area contributed by atoms with Crippen LogP contribution in [0.2, 0.25) is 0 Å². The van der Waals surface area contributed by atoms with Crippen molar-refractivity contribution in [2.24, 2.45) is 5.92 Å². The normalized spacial score (nSPS) is 19.1. The predicted molar refractivity (Wildman–Crippen MR) is 91.0 cm³/mol. The second-order valence-corrected chi connectivity index (χ2v) is 7.50. The van der Waals surface area contributed by atoms with E-state index in [4.69, 9.17) is 4.74 Å². The van der Waals surface area contributed by atoms with Gasteiger partial charge in [0.15, 0.2) is 0 Å². The van der Waals surface area contributed by atoms with Crippen LogP contribution in [-0.4, -0.2) is 18.9 Å². The lowest BCUT2D eigenvalue weighted by atomic mass is 10.1. The first-order valence-electron chi connectivity index (χ1n) is 8.32. The average molecular weight is 305 g/mol. The molecular weight excluding hydrogens is 278 g/mol. The van der Waals surface area contributed by atoms with Crippen molar-refractivity contribution in [3.8, 4) is 5.75 Å². The molecule has 1 aromatic carbocycles. The van der Waals surface area contributed by atoms with Gasteiger partial charge in [-0.1, -0.05) is 18.9 Å². The third-order valence-corrected chi connectivity index (χ3v) is 5.83. The molecule has 2 aliphatic rings. The number of hydrogen-bond donors (Lipinski definition) is 1. The van der Waals surface area contributed by atoms with Crippen molar-refractivity contribution in [2.45, 2.75) is 56.9 Å². The summed E-state index contributed by atoms with van der Waals surface area (Å²) in [5, 5.41) is 3.59. The van der Waals surface area contributed by atoms with Crippen molar-refractivity contribution in [1.29, 1.82) is 0 Å². The number of nitrogens with one attached hydrogen (secondary N) is 1. The smallest absolute Gasteiger partial charge is 0.122 e. The molecule has 0 radical (unpaired) electrons. The fourth-order valence-corrected chi connectivity index (χ4v) is 4.35. The molecule has 2 fully saturated rings. The third-order valence-electron chi connectivity index (χ3n) is 4.60. The molecule has 2 aliphatic carbocycles. The first-order chi connectivity index (χ1) is 10.3. The first-order valence-corrected chi connectivity index (χ1v) is 9.47. The third kappa shape index (κ3) is 4.65. The van der Waals surface area contributed by atoms with Crippen LogP contribution in [-0.2, 0) is 12.3 Å². The lowest BCUT2D eigenvalue weighted by Gasteiger charge is -2.13. The van der Waals surface area contributed by atoms with Crippen molar-refractivity contribution in [3.63, 3.8) is 0 Å². The van der Waals surface area contributed by atoms with Crippen LogP contribution >= 0.6 is 11.8 Å². The molecule has 0 unspecified atom stereocenters. The van der Waals surface area contributed by atoms with Crippen molar-refractivity contribution < 1.29 is 4.74 Å². The minimum Gasteiger partial charge on any atom is -0.496 e. The molecule has 0 atom stereocenters. The monoisotopic (exact) mass is 305 g/mol. The standard InChI is InChI=1S/C18H27NOS/c1-20-18-9-6-15(11-19-17-7-8-17)10-16(18)13-21-12-14-4-2-3-5-14/h6,9-10,14,17,19H,2-5,7-8,11-13H2,1H3. The van der Waals surface area contributed by atoms with Gasteiger partial charge in [0.05, 0.1) is 7.11 Å². The average Bonchev–Trinajstić information content (AvgIpc) is 3.20. The molecule has 3 heteroatoms. The van der Waals surface area contributed by atoms with Crippen LogP contribution in [0.3, 0.4) is 0 Å². The molecule has 0 saturated heterocycles. The Morgan fingerprint density at radius 1 is 1.19 bits per heavy atom. The predicted octanol–water partition coefficient (Wildman–Crippen LogP) is 4.37. The second kappa shape index (κ2) is 7.55. The number of rotatable bonds is 8. The van der Waals surface area contributed by atoms with Crippen molar-refractivity contribution in [3.05, 3.63) is 29.3 Å². The van der Waals surface area contributed by atoms with Gasteiger partial charge in [-0.15, -0.1) is 0 Å². The Hall–Kier alpha value is -0.670. The second-order valence-electron chi connectivity index (χ2n) is 6.47. The molecule has 0 aliphatic heterocycles. The Bertz CT molecular complexity index is 453. The summed E-state index contributed by atoms with van der Waals surface area (Å²) in [4.78, 5) is 0. The van der Waals surface area contributed by atoms with Crippen molar-refractivity contribution in [1.82, 2.24) is 5.32 Å².